The van der Waals surface area contributed by atoms with Crippen molar-refractivity contribution in [3.8, 4) is 11.5 Å². The third kappa shape index (κ3) is 3.45. The van der Waals surface area contributed by atoms with E-state index in [2.05, 4.69) is 22.2 Å². The van der Waals surface area contributed by atoms with Crippen LogP contribution in [0.1, 0.15) is 24.4 Å². The molecule has 5 heteroatoms. The molecule has 1 unspecified atom stereocenters. The maximum Gasteiger partial charge on any atom is 0.161 e. The number of nitrogens with one attached hydrogen (secondary N) is 1. The van der Waals surface area contributed by atoms with E-state index < -0.39 is 0 Å². The fraction of sp³-hybridized carbons (Fsp3) is 0.333. The molecule has 0 saturated heterocycles. The summed E-state index contributed by atoms with van der Waals surface area (Å²) in [4.78, 5) is 8.37. The highest BCUT2D eigenvalue weighted by Gasteiger charge is 2.10. The number of rotatable bonds is 6. The van der Waals surface area contributed by atoms with Gasteiger partial charge in [0.1, 0.15) is 5.82 Å². The van der Waals surface area contributed by atoms with Gasteiger partial charge in [0.2, 0.25) is 0 Å². The van der Waals surface area contributed by atoms with Crippen LogP contribution in [-0.2, 0) is 6.54 Å². The molecule has 0 bridgehead atoms. The van der Waals surface area contributed by atoms with Gasteiger partial charge in [-0.3, -0.25) is 0 Å². The third-order valence-corrected chi connectivity index (χ3v) is 3.09. The van der Waals surface area contributed by atoms with Gasteiger partial charge in [-0.25, -0.2) is 9.97 Å². The molecule has 2 rings (SSSR count). The van der Waals surface area contributed by atoms with Gasteiger partial charge in [0.25, 0.3) is 0 Å². The van der Waals surface area contributed by atoms with Crippen LogP contribution >= 0.6 is 0 Å². The normalized spacial score (nSPS) is 11.9. The number of hydrogen-bond donors (Lipinski definition) is 1. The first-order chi connectivity index (χ1) is 9.74. The Morgan fingerprint density at radius 1 is 1.10 bits per heavy atom. The lowest BCUT2D eigenvalue weighted by Gasteiger charge is -2.16. The van der Waals surface area contributed by atoms with Crippen molar-refractivity contribution in [3.05, 3.63) is 48.0 Å². The highest BCUT2D eigenvalue weighted by Crippen LogP contribution is 2.29. The molecule has 1 aromatic heterocycles. The second kappa shape index (κ2) is 6.86. The smallest absolute Gasteiger partial charge is 0.161 e. The Bertz CT molecular complexity index is 546. The summed E-state index contributed by atoms with van der Waals surface area (Å²) in [6, 6.07) is 7.87. The van der Waals surface area contributed by atoms with Crippen molar-refractivity contribution in [1.82, 2.24) is 15.3 Å². The van der Waals surface area contributed by atoms with Gasteiger partial charge in [-0.05, 0) is 30.7 Å². The van der Waals surface area contributed by atoms with Gasteiger partial charge >= 0.3 is 0 Å². The van der Waals surface area contributed by atoms with Crippen LogP contribution < -0.4 is 14.8 Å². The molecule has 2 aromatic rings. The topological polar surface area (TPSA) is 56.3 Å². The van der Waals surface area contributed by atoms with Gasteiger partial charge < -0.3 is 14.8 Å². The van der Waals surface area contributed by atoms with E-state index in [9.17, 15) is 0 Å². The van der Waals surface area contributed by atoms with Crippen molar-refractivity contribution in [2.45, 2.75) is 19.5 Å². The minimum atomic E-state index is 0.165. The Morgan fingerprint density at radius 2 is 1.80 bits per heavy atom. The third-order valence-electron chi connectivity index (χ3n) is 3.09. The molecule has 0 spiro atoms. The van der Waals surface area contributed by atoms with Gasteiger partial charge in [-0.2, -0.15) is 0 Å². The molecule has 0 fully saturated rings. The van der Waals surface area contributed by atoms with E-state index in [1.54, 1.807) is 32.7 Å². The first kappa shape index (κ1) is 14.3. The number of ether oxygens (including phenoxy) is 2. The monoisotopic (exact) mass is 273 g/mol. The molecule has 1 N–H and O–H groups in total. The van der Waals surface area contributed by atoms with Crippen LogP contribution in [0.2, 0.25) is 0 Å². The lowest BCUT2D eigenvalue weighted by atomic mass is 10.1. The van der Waals surface area contributed by atoms with Gasteiger partial charge in [0.05, 0.1) is 20.8 Å². The second-order valence-electron chi connectivity index (χ2n) is 4.38. The van der Waals surface area contributed by atoms with Crippen LogP contribution in [0.3, 0.4) is 0 Å². The molecule has 1 heterocycles. The zero-order valence-electron chi connectivity index (χ0n) is 12.0. The molecule has 0 aliphatic rings. The SMILES string of the molecule is COc1ccc(C(C)NCc2ncccn2)cc1OC. The van der Waals surface area contributed by atoms with Crippen LogP contribution in [0.4, 0.5) is 0 Å². The van der Waals surface area contributed by atoms with E-state index in [1.165, 1.54) is 0 Å². The molecule has 0 saturated carbocycles. The van der Waals surface area contributed by atoms with Gasteiger partial charge in [0.15, 0.2) is 11.5 Å². The lowest BCUT2D eigenvalue weighted by molar-refractivity contribution is 0.354. The summed E-state index contributed by atoms with van der Waals surface area (Å²) in [5, 5.41) is 3.38. The summed E-state index contributed by atoms with van der Waals surface area (Å²) < 4.78 is 10.5. The number of hydrogen-bond acceptors (Lipinski definition) is 5. The zero-order chi connectivity index (χ0) is 14.4. The van der Waals surface area contributed by atoms with E-state index in [-0.39, 0.29) is 6.04 Å². The van der Waals surface area contributed by atoms with E-state index in [0.29, 0.717) is 6.54 Å². The largest absolute Gasteiger partial charge is 0.493 e. The molecular formula is C15H19N3O2. The van der Waals surface area contributed by atoms with Crippen molar-refractivity contribution in [2.24, 2.45) is 0 Å². The Kier molecular flexibility index (Phi) is 4.90. The van der Waals surface area contributed by atoms with Gasteiger partial charge in [-0.1, -0.05) is 6.07 Å². The minimum Gasteiger partial charge on any atom is -0.493 e. The van der Waals surface area contributed by atoms with Crippen molar-refractivity contribution in [2.75, 3.05) is 14.2 Å². The van der Waals surface area contributed by atoms with Crippen LogP contribution in [0, 0.1) is 0 Å². The van der Waals surface area contributed by atoms with Crippen molar-refractivity contribution < 1.29 is 9.47 Å². The zero-order valence-corrected chi connectivity index (χ0v) is 12.0. The Balaban J connectivity index is 2.03. The fourth-order valence-electron chi connectivity index (χ4n) is 1.91. The molecule has 5 nitrogen and oxygen atoms in total. The number of methoxy groups -OCH3 is 2. The number of benzene rings is 1. The lowest BCUT2D eigenvalue weighted by Crippen LogP contribution is -2.19. The number of nitrogens with zero attached hydrogens (tertiary/aromatic N) is 2. The Hall–Kier alpha value is -2.14. The first-order valence-corrected chi connectivity index (χ1v) is 6.45. The average molecular weight is 273 g/mol. The van der Waals surface area contributed by atoms with E-state index in [1.807, 2.05) is 18.2 Å². The first-order valence-electron chi connectivity index (χ1n) is 6.45. The molecule has 0 aliphatic carbocycles. The summed E-state index contributed by atoms with van der Waals surface area (Å²) in [5.41, 5.74) is 1.12. The Labute approximate surface area is 119 Å². The molecule has 0 aliphatic heterocycles. The highest BCUT2D eigenvalue weighted by atomic mass is 16.5. The van der Waals surface area contributed by atoms with E-state index >= 15 is 0 Å². The minimum absolute atomic E-state index is 0.165. The molecule has 0 radical (unpaired) electrons. The van der Waals surface area contributed by atoms with Gasteiger partial charge in [0, 0.05) is 18.4 Å². The predicted molar refractivity (Wildman–Crippen MR) is 76.8 cm³/mol. The van der Waals surface area contributed by atoms with Crippen LogP contribution in [0.5, 0.6) is 11.5 Å². The highest BCUT2D eigenvalue weighted by molar-refractivity contribution is 5.43. The molecule has 20 heavy (non-hydrogen) atoms. The summed E-state index contributed by atoms with van der Waals surface area (Å²) in [6.07, 6.45) is 3.48. The van der Waals surface area contributed by atoms with Gasteiger partial charge in [-0.15, -0.1) is 0 Å². The Morgan fingerprint density at radius 3 is 2.45 bits per heavy atom. The van der Waals surface area contributed by atoms with Crippen molar-refractivity contribution in [1.29, 1.82) is 0 Å². The standard InChI is InChI=1S/C15H19N3O2/c1-11(18-10-15-16-7-4-8-17-15)12-5-6-13(19-2)14(9-12)20-3/h4-9,11,18H,10H2,1-3H3. The van der Waals surface area contributed by atoms with E-state index in [0.717, 1.165) is 22.9 Å². The molecule has 0 amide bonds. The summed E-state index contributed by atoms with van der Waals surface area (Å²) in [5.74, 6) is 2.24. The van der Waals surface area contributed by atoms with Crippen molar-refractivity contribution in [3.63, 3.8) is 0 Å². The van der Waals surface area contributed by atoms with Crippen LogP contribution in [0.15, 0.2) is 36.7 Å². The van der Waals surface area contributed by atoms with Crippen LogP contribution in [0.25, 0.3) is 0 Å². The summed E-state index contributed by atoms with van der Waals surface area (Å²) >= 11 is 0. The average Bonchev–Trinajstić information content (AvgIpc) is 2.52. The van der Waals surface area contributed by atoms with E-state index in [4.69, 9.17) is 9.47 Å². The summed E-state index contributed by atoms with van der Waals surface area (Å²) in [7, 11) is 3.27. The van der Waals surface area contributed by atoms with Crippen molar-refractivity contribution >= 4 is 0 Å². The predicted octanol–water partition coefficient (Wildman–Crippen LogP) is 2.34. The molecule has 106 valence electrons. The summed E-state index contributed by atoms with van der Waals surface area (Å²) in [6.45, 7) is 2.71. The molecule has 1 aromatic carbocycles. The quantitative estimate of drug-likeness (QED) is 0.875. The van der Waals surface area contributed by atoms with Crippen LogP contribution in [-0.4, -0.2) is 24.2 Å². The maximum absolute atomic E-state index is 5.31. The second-order valence-corrected chi connectivity index (χ2v) is 4.38. The maximum atomic E-state index is 5.31. The number of aromatic nitrogens is 2. The fourth-order valence-corrected chi connectivity index (χ4v) is 1.91. The molecular weight excluding hydrogens is 254 g/mol. The molecule has 1 atom stereocenters.